The Kier molecular flexibility index (Phi) is 5.77. The zero-order valence-electron chi connectivity index (χ0n) is 18.9. The van der Waals surface area contributed by atoms with Gasteiger partial charge in [0.05, 0.1) is 16.5 Å². The summed E-state index contributed by atoms with van der Waals surface area (Å²) in [6.07, 6.45) is 13.3. The highest BCUT2D eigenvalue weighted by Crippen LogP contribution is 2.31. The SMILES string of the molecule is c1cn(Cc2ccc(Cc3cc(-c4nc(NC5CCCC5)c5sccc5n4)ccn3)cc2)cn1. The highest BCUT2D eigenvalue weighted by Gasteiger charge is 2.18. The van der Waals surface area contributed by atoms with Crippen LogP contribution in [0.25, 0.3) is 21.6 Å². The van der Waals surface area contributed by atoms with E-state index in [-0.39, 0.29) is 0 Å². The summed E-state index contributed by atoms with van der Waals surface area (Å²) >= 11 is 1.70. The predicted octanol–water partition coefficient (Wildman–Crippen LogP) is 5.94. The molecule has 0 bridgehead atoms. The lowest BCUT2D eigenvalue weighted by molar-refractivity contribution is 0.752. The molecule has 4 aromatic heterocycles. The van der Waals surface area contributed by atoms with Crippen LogP contribution in [0.1, 0.15) is 42.5 Å². The average molecular weight is 467 g/mol. The molecule has 0 spiro atoms. The number of nitrogens with zero attached hydrogens (tertiary/aromatic N) is 5. The Bertz CT molecular complexity index is 1380. The van der Waals surface area contributed by atoms with Gasteiger partial charge in [-0.15, -0.1) is 11.3 Å². The minimum absolute atomic E-state index is 0.512. The Morgan fingerprint density at radius 2 is 1.82 bits per heavy atom. The summed E-state index contributed by atoms with van der Waals surface area (Å²) in [5.41, 5.74) is 5.51. The normalized spacial score (nSPS) is 14.1. The van der Waals surface area contributed by atoms with Crippen LogP contribution in [0, 0.1) is 0 Å². The molecule has 7 heteroatoms. The van der Waals surface area contributed by atoms with Crippen molar-refractivity contribution in [2.45, 2.75) is 44.7 Å². The zero-order valence-corrected chi connectivity index (χ0v) is 19.7. The monoisotopic (exact) mass is 466 g/mol. The molecule has 1 saturated carbocycles. The highest BCUT2D eigenvalue weighted by molar-refractivity contribution is 7.17. The van der Waals surface area contributed by atoms with Crippen LogP contribution >= 0.6 is 11.3 Å². The number of aromatic nitrogens is 5. The Balaban J connectivity index is 1.23. The molecule has 34 heavy (non-hydrogen) atoms. The second-order valence-electron chi connectivity index (χ2n) is 8.92. The molecule has 6 rings (SSSR count). The van der Waals surface area contributed by atoms with E-state index >= 15 is 0 Å². The molecular formula is C27H26N6S. The molecule has 1 aliphatic carbocycles. The lowest BCUT2D eigenvalue weighted by atomic mass is 10.1. The number of hydrogen-bond donors (Lipinski definition) is 1. The third-order valence-electron chi connectivity index (χ3n) is 6.41. The summed E-state index contributed by atoms with van der Waals surface area (Å²) in [6.45, 7) is 0.827. The third-order valence-corrected chi connectivity index (χ3v) is 7.32. The van der Waals surface area contributed by atoms with E-state index in [0.29, 0.717) is 6.04 Å². The number of pyridine rings is 1. The van der Waals surface area contributed by atoms with Crippen molar-refractivity contribution in [3.8, 4) is 11.4 Å². The first-order valence-corrected chi connectivity index (χ1v) is 12.7. The fourth-order valence-corrected chi connectivity index (χ4v) is 5.41. The van der Waals surface area contributed by atoms with Gasteiger partial charge in [0.2, 0.25) is 0 Å². The highest BCUT2D eigenvalue weighted by atomic mass is 32.1. The van der Waals surface area contributed by atoms with Crippen molar-refractivity contribution in [1.82, 2.24) is 24.5 Å². The van der Waals surface area contributed by atoms with Crippen LogP contribution < -0.4 is 5.32 Å². The van der Waals surface area contributed by atoms with E-state index in [1.807, 2.05) is 24.8 Å². The van der Waals surface area contributed by atoms with Crippen molar-refractivity contribution in [1.29, 1.82) is 0 Å². The number of thiophene rings is 1. The minimum atomic E-state index is 0.512. The van der Waals surface area contributed by atoms with E-state index in [1.165, 1.54) is 36.8 Å². The maximum Gasteiger partial charge on any atom is 0.162 e. The predicted molar refractivity (Wildman–Crippen MR) is 137 cm³/mol. The number of rotatable bonds is 7. The molecule has 0 atom stereocenters. The van der Waals surface area contributed by atoms with Crippen molar-refractivity contribution in [3.63, 3.8) is 0 Å². The second-order valence-corrected chi connectivity index (χ2v) is 9.84. The molecule has 5 aromatic rings. The first kappa shape index (κ1) is 21.0. The number of fused-ring (bicyclic) bond motifs is 1. The van der Waals surface area contributed by atoms with Gasteiger partial charge in [-0.25, -0.2) is 15.0 Å². The van der Waals surface area contributed by atoms with Gasteiger partial charge in [0.15, 0.2) is 5.82 Å². The van der Waals surface area contributed by atoms with Crippen LogP contribution in [-0.4, -0.2) is 30.5 Å². The number of anilines is 1. The minimum Gasteiger partial charge on any atom is -0.366 e. The molecule has 0 radical (unpaired) electrons. The summed E-state index contributed by atoms with van der Waals surface area (Å²) in [7, 11) is 0. The molecule has 1 fully saturated rings. The fraction of sp³-hybridized carbons (Fsp3) is 0.259. The molecule has 1 aromatic carbocycles. The van der Waals surface area contributed by atoms with Gasteiger partial charge in [-0.2, -0.15) is 0 Å². The summed E-state index contributed by atoms with van der Waals surface area (Å²) in [5.74, 6) is 1.72. The third kappa shape index (κ3) is 4.56. The van der Waals surface area contributed by atoms with E-state index in [9.17, 15) is 0 Å². The molecule has 0 amide bonds. The maximum absolute atomic E-state index is 4.96. The van der Waals surface area contributed by atoms with Crippen molar-refractivity contribution >= 4 is 27.4 Å². The van der Waals surface area contributed by atoms with E-state index in [4.69, 9.17) is 9.97 Å². The summed E-state index contributed by atoms with van der Waals surface area (Å²) in [6, 6.07) is 15.4. The smallest absolute Gasteiger partial charge is 0.162 e. The Hall–Kier alpha value is -3.58. The summed E-state index contributed by atoms with van der Waals surface area (Å²) < 4.78 is 3.21. The first-order valence-electron chi connectivity index (χ1n) is 11.8. The van der Waals surface area contributed by atoms with Crippen LogP contribution in [0.3, 0.4) is 0 Å². The van der Waals surface area contributed by atoms with Crippen LogP contribution in [-0.2, 0) is 13.0 Å². The van der Waals surface area contributed by atoms with Crippen molar-refractivity contribution in [3.05, 3.63) is 89.6 Å². The topological polar surface area (TPSA) is 68.5 Å². The van der Waals surface area contributed by atoms with Crippen molar-refractivity contribution in [2.75, 3.05) is 5.32 Å². The maximum atomic E-state index is 4.96. The van der Waals surface area contributed by atoms with Gasteiger partial charge in [0, 0.05) is 48.9 Å². The van der Waals surface area contributed by atoms with Crippen LogP contribution in [0.15, 0.2) is 72.8 Å². The molecule has 6 nitrogen and oxygen atoms in total. The lowest BCUT2D eigenvalue weighted by Crippen LogP contribution is -2.16. The van der Waals surface area contributed by atoms with E-state index in [2.05, 4.69) is 61.6 Å². The van der Waals surface area contributed by atoms with E-state index in [1.54, 1.807) is 17.5 Å². The second kappa shape index (κ2) is 9.35. The van der Waals surface area contributed by atoms with E-state index < -0.39 is 0 Å². The number of imidazole rings is 1. The standard InChI is InChI=1S/C27H26N6S/c1-2-4-22(3-1)30-27-25-24(10-14-34-25)31-26(32-27)21-9-11-29-23(16-21)15-19-5-7-20(8-6-19)17-33-13-12-28-18-33/h5-14,16,18,22H,1-4,15,17H2,(H,30,31,32). The molecule has 1 aliphatic rings. The first-order chi connectivity index (χ1) is 16.8. The quantitative estimate of drug-likeness (QED) is 0.321. The molecule has 0 aliphatic heterocycles. The van der Waals surface area contributed by atoms with Gasteiger partial charge < -0.3 is 9.88 Å². The van der Waals surface area contributed by atoms with Crippen LogP contribution in [0.5, 0.6) is 0 Å². The molecule has 0 unspecified atom stereocenters. The molecule has 170 valence electrons. The van der Waals surface area contributed by atoms with Crippen molar-refractivity contribution in [2.24, 2.45) is 0 Å². The molecule has 1 N–H and O–H groups in total. The van der Waals surface area contributed by atoms with Crippen LogP contribution in [0.2, 0.25) is 0 Å². The van der Waals surface area contributed by atoms with Crippen LogP contribution in [0.4, 0.5) is 5.82 Å². The number of benzene rings is 1. The number of hydrogen-bond acceptors (Lipinski definition) is 6. The number of nitrogens with one attached hydrogen (secondary N) is 1. The average Bonchev–Trinajstić information content (AvgIpc) is 3.64. The Morgan fingerprint density at radius 3 is 2.65 bits per heavy atom. The zero-order chi connectivity index (χ0) is 22.7. The molecule has 4 heterocycles. The summed E-state index contributed by atoms with van der Waals surface area (Å²) in [4.78, 5) is 18.5. The summed E-state index contributed by atoms with van der Waals surface area (Å²) in [5, 5.41) is 5.79. The van der Waals surface area contributed by atoms with E-state index in [0.717, 1.165) is 46.1 Å². The largest absolute Gasteiger partial charge is 0.366 e. The lowest BCUT2D eigenvalue weighted by Gasteiger charge is -2.14. The molecule has 0 saturated heterocycles. The molecular weight excluding hydrogens is 440 g/mol. The fourth-order valence-electron chi connectivity index (χ4n) is 4.63. The Labute approximate surface area is 202 Å². The van der Waals surface area contributed by atoms with Gasteiger partial charge in [-0.05, 0) is 47.5 Å². The van der Waals surface area contributed by atoms with Gasteiger partial charge in [0.1, 0.15) is 5.82 Å². The van der Waals surface area contributed by atoms with Gasteiger partial charge in [-0.3, -0.25) is 4.98 Å². The van der Waals surface area contributed by atoms with Gasteiger partial charge >= 0.3 is 0 Å². The van der Waals surface area contributed by atoms with Gasteiger partial charge in [0.25, 0.3) is 0 Å². The Morgan fingerprint density at radius 1 is 0.971 bits per heavy atom. The van der Waals surface area contributed by atoms with Gasteiger partial charge in [-0.1, -0.05) is 37.1 Å². The van der Waals surface area contributed by atoms with Crippen molar-refractivity contribution < 1.29 is 0 Å².